The molecule has 0 unspecified atom stereocenters. The lowest BCUT2D eigenvalue weighted by atomic mass is 10.2. The third kappa shape index (κ3) is 4.61. The van der Waals surface area contributed by atoms with E-state index in [0.717, 1.165) is 18.4 Å². The van der Waals surface area contributed by atoms with Crippen molar-refractivity contribution < 1.29 is 26.8 Å². The Morgan fingerprint density at radius 3 is 2.41 bits per heavy atom. The minimum Gasteiger partial charge on any atom is -0.459 e. The summed E-state index contributed by atoms with van der Waals surface area (Å²) in [4.78, 5) is 24.5. The SMILES string of the molecule is Cc1oc(C(=O)NCc2ccc(NC(=O)c3ccco3)cc2)cc1S(=O)(=O)N1CCCC1. The summed E-state index contributed by atoms with van der Waals surface area (Å²) >= 11 is 0. The van der Waals surface area contributed by atoms with Crippen LogP contribution in [0.15, 0.2) is 62.5 Å². The van der Waals surface area contributed by atoms with Gasteiger partial charge in [0.1, 0.15) is 10.7 Å². The van der Waals surface area contributed by atoms with Gasteiger partial charge in [-0.15, -0.1) is 0 Å². The van der Waals surface area contributed by atoms with Gasteiger partial charge in [0.15, 0.2) is 11.5 Å². The highest BCUT2D eigenvalue weighted by Gasteiger charge is 2.31. The molecular weight excluding hydrogens is 434 g/mol. The number of hydrogen-bond acceptors (Lipinski definition) is 6. The fourth-order valence-electron chi connectivity index (χ4n) is 3.48. The molecule has 1 aliphatic rings. The normalized spacial score (nSPS) is 14.4. The number of nitrogens with one attached hydrogen (secondary N) is 2. The smallest absolute Gasteiger partial charge is 0.291 e. The molecule has 1 aromatic carbocycles. The van der Waals surface area contributed by atoms with Gasteiger partial charge in [-0.1, -0.05) is 12.1 Å². The summed E-state index contributed by atoms with van der Waals surface area (Å²) < 4.78 is 37.4. The van der Waals surface area contributed by atoms with Crippen LogP contribution in [0, 0.1) is 6.92 Å². The monoisotopic (exact) mass is 457 g/mol. The van der Waals surface area contributed by atoms with Gasteiger partial charge in [0, 0.05) is 31.4 Å². The van der Waals surface area contributed by atoms with Gasteiger partial charge in [-0.05, 0) is 49.6 Å². The molecule has 32 heavy (non-hydrogen) atoms. The molecule has 1 saturated heterocycles. The lowest BCUT2D eigenvalue weighted by Gasteiger charge is -2.14. The highest BCUT2D eigenvalue weighted by atomic mass is 32.2. The molecule has 9 nitrogen and oxygen atoms in total. The molecule has 4 rings (SSSR count). The summed E-state index contributed by atoms with van der Waals surface area (Å²) in [6.45, 7) is 2.70. The van der Waals surface area contributed by atoms with Gasteiger partial charge in [0.25, 0.3) is 11.8 Å². The fourth-order valence-corrected chi connectivity index (χ4v) is 5.15. The zero-order chi connectivity index (χ0) is 22.7. The topological polar surface area (TPSA) is 122 Å². The number of furan rings is 2. The van der Waals surface area contributed by atoms with Crippen LogP contribution in [-0.2, 0) is 16.6 Å². The van der Waals surface area contributed by atoms with Crippen LogP contribution >= 0.6 is 0 Å². The van der Waals surface area contributed by atoms with Crippen molar-refractivity contribution in [1.82, 2.24) is 9.62 Å². The summed E-state index contributed by atoms with van der Waals surface area (Å²) in [6, 6.07) is 11.4. The quantitative estimate of drug-likeness (QED) is 0.562. The van der Waals surface area contributed by atoms with Crippen molar-refractivity contribution in [3.8, 4) is 0 Å². The molecule has 2 N–H and O–H groups in total. The van der Waals surface area contributed by atoms with Crippen molar-refractivity contribution in [2.75, 3.05) is 18.4 Å². The molecule has 0 spiro atoms. The second kappa shape index (κ2) is 9.01. The van der Waals surface area contributed by atoms with Crippen LogP contribution in [0.25, 0.3) is 0 Å². The minimum absolute atomic E-state index is 0.0289. The number of nitrogens with zero attached hydrogens (tertiary/aromatic N) is 1. The maximum absolute atomic E-state index is 12.8. The van der Waals surface area contributed by atoms with E-state index in [1.165, 1.54) is 23.6 Å². The molecule has 0 atom stereocenters. The van der Waals surface area contributed by atoms with Crippen LogP contribution in [0.2, 0.25) is 0 Å². The molecule has 0 bridgehead atoms. The number of benzene rings is 1. The average molecular weight is 458 g/mol. The lowest BCUT2D eigenvalue weighted by molar-refractivity contribution is 0.0921. The van der Waals surface area contributed by atoms with Crippen LogP contribution in [-0.4, -0.2) is 37.6 Å². The van der Waals surface area contributed by atoms with Crippen molar-refractivity contribution in [3.05, 3.63) is 71.6 Å². The molecule has 1 fully saturated rings. The summed E-state index contributed by atoms with van der Waals surface area (Å²) in [7, 11) is -3.66. The van der Waals surface area contributed by atoms with Crippen LogP contribution < -0.4 is 10.6 Å². The van der Waals surface area contributed by atoms with Gasteiger partial charge in [-0.25, -0.2) is 8.42 Å². The molecule has 10 heteroatoms. The Kier molecular flexibility index (Phi) is 6.15. The summed E-state index contributed by atoms with van der Waals surface area (Å²) in [6.07, 6.45) is 3.08. The maximum atomic E-state index is 12.8. The van der Waals surface area contributed by atoms with E-state index in [4.69, 9.17) is 8.83 Å². The van der Waals surface area contributed by atoms with Gasteiger partial charge in [0.2, 0.25) is 10.0 Å². The Labute approximate surface area is 185 Å². The zero-order valence-corrected chi connectivity index (χ0v) is 18.3. The van der Waals surface area contributed by atoms with Gasteiger partial charge in [-0.2, -0.15) is 4.31 Å². The molecule has 1 aliphatic heterocycles. The van der Waals surface area contributed by atoms with E-state index in [0.29, 0.717) is 18.8 Å². The summed E-state index contributed by atoms with van der Waals surface area (Å²) in [5, 5.41) is 5.43. The minimum atomic E-state index is -3.66. The molecular formula is C22H23N3O6S. The zero-order valence-electron chi connectivity index (χ0n) is 17.5. The van der Waals surface area contributed by atoms with E-state index in [-0.39, 0.29) is 34.6 Å². The first-order valence-corrected chi connectivity index (χ1v) is 11.6. The Morgan fingerprint density at radius 2 is 1.75 bits per heavy atom. The predicted molar refractivity (Wildman–Crippen MR) is 116 cm³/mol. The Bertz CT molecular complexity index is 1210. The van der Waals surface area contributed by atoms with Crippen molar-refractivity contribution in [1.29, 1.82) is 0 Å². The Morgan fingerprint density at radius 1 is 1.03 bits per heavy atom. The number of carbonyl (C=O) groups excluding carboxylic acids is 2. The third-order valence-electron chi connectivity index (χ3n) is 5.19. The first kappa shape index (κ1) is 21.8. The van der Waals surface area contributed by atoms with E-state index >= 15 is 0 Å². The average Bonchev–Trinajstić information content (AvgIpc) is 3.54. The van der Waals surface area contributed by atoms with Gasteiger partial charge >= 0.3 is 0 Å². The number of rotatable bonds is 7. The van der Waals surface area contributed by atoms with Crippen molar-refractivity contribution in [2.24, 2.45) is 0 Å². The van der Waals surface area contributed by atoms with E-state index in [1.807, 2.05) is 0 Å². The number of hydrogen-bond donors (Lipinski definition) is 2. The largest absolute Gasteiger partial charge is 0.459 e. The molecule has 0 aliphatic carbocycles. The van der Waals surface area contributed by atoms with Crippen molar-refractivity contribution in [3.63, 3.8) is 0 Å². The third-order valence-corrected chi connectivity index (χ3v) is 7.19. The lowest BCUT2D eigenvalue weighted by Crippen LogP contribution is -2.28. The van der Waals surface area contributed by atoms with E-state index in [9.17, 15) is 18.0 Å². The first-order valence-electron chi connectivity index (χ1n) is 10.2. The van der Waals surface area contributed by atoms with Gasteiger partial charge < -0.3 is 19.5 Å². The number of anilines is 1. The van der Waals surface area contributed by atoms with Gasteiger partial charge in [-0.3, -0.25) is 9.59 Å². The molecule has 2 amide bonds. The highest BCUT2D eigenvalue weighted by Crippen LogP contribution is 2.26. The molecule has 3 heterocycles. The van der Waals surface area contributed by atoms with E-state index in [2.05, 4.69) is 10.6 Å². The van der Waals surface area contributed by atoms with Crippen molar-refractivity contribution >= 4 is 27.5 Å². The standard InChI is InChI=1S/C22H23N3O6S/c1-15-20(32(28,29)25-10-2-3-11-25)13-19(31-15)21(26)23-14-16-6-8-17(9-7-16)24-22(27)18-5-4-12-30-18/h4-9,12-13H,2-3,10-11,14H2,1H3,(H,23,26)(H,24,27). The van der Waals surface area contributed by atoms with Crippen LogP contribution in [0.4, 0.5) is 5.69 Å². The number of amides is 2. The molecule has 168 valence electrons. The summed E-state index contributed by atoms with van der Waals surface area (Å²) in [5.41, 5.74) is 1.38. The van der Waals surface area contributed by atoms with E-state index < -0.39 is 15.9 Å². The number of carbonyl (C=O) groups is 2. The molecule has 0 saturated carbocycles. The van der Waals surface area contributed by atoms with Crippen molar-refractivity contribution in [2.45, 2.75) is 31.2 Å². The fraction of sp³-hybridized carbons (Fsp3) is 0.273. The Hall–Kier alpha value is -3.37. The molecule has 0 radical (unpaired) electrons. The second-order valence-electron chi connectivity index (χ2n) is 7.45. The van der Waals surface area contributed by atoms with Crippen LogP contribution in [0.1, 0.15) is 45.3 Å². The Balaban J connectivity index is 1.36. The second-order valence-corrected chi connectivity index (χ2v) is 9.36. The number of sulfonamides is 1. The predicted octanol–water partition coefficient (Wildman–Crippen LogP) is 3.15. The highest BCUT2D eigenvalue weighted by molar-refractivity contribution is 7.89. The van der Waals surface area contributed by atoms with E-state index in [1.54, 1.807) is 36.4 Å². The maximum Gasteiger partial charge on any atom is 0.291 e. The molecule has 3 aromatic rings. The van der Waals surface area contributed by atoms with Crippen LogP contribution in [0.5, 0.6) is 0 Å². The first-order chi connectivity index (χ1) is 15.3. The van der Waals surface area contributed by atoms with Gasteiger partial charge in [0.05, 0.1) is 6.26 Å². The summed E-state index contributed by atoms with van der Waals surface area (Å²) in [5.74, 6) is -0.516. The molecule has 2 aromatic heterocycles. The van der Waals surface area contributed by atoms with Crippen LogP contribution in [0.3, 0.4) is 0 Å². The number of aryl methyl sites for hydroxylation is 1.